The van der Waals surface area contributed by atoms with Crippen molar-refractivity contribution < 1.29 is 13.6 Å². The van der Waals surface area contributed by atoms with E-state index in [1.54, 1.807) is 12.3 Å². The number of aryl methyl sites for hydroxylation is 1. The van der Waals surface area contributed by atoms with Crippen molar-refractivity contribution in [1.82, 2.24) is 4.98 Å². The minimum absolute atomic E-state index is 0.00377. The number of carbonyl (C=O) groups is 1. The van der Waals surface area contributed by atoms with Crippen molar-refractivity contribution in [2.24, 2.45) is 0 Å². The lowest BCUT2D eigenvalue weighted by Crippen LogP contribution is -2.17. The fraction of sp³-hybridized carbons (Fsp3) is 0.143. The summed E-state index contributed by atoms with van der Waals surface area (Å²) in [4.78, 5) is 15.9. The summed E-state index contributed by atoms with van der Waals surface area (Å²) in [5, 5.41) is 2.34. The van der Waals surface area contributed by atoms with Crippen LogP contribution in [0.3, 0.4) is 0 Å². The molecule has 0 aliphatic heterocycles. The standard InChI is InChI=1S/C14H11BrF2N2O/c1-8-3-2-4-18-12(8)7-14(20)19-13-6-10(16)9(15)5-11(13)17/h2-6H,7H2,1H3,(H,19,20). The zero-order chi connectivity index (χ0) is 14.7. The van der Waals surface area contributed by atoms with Crippen LogP contribution in [0.4, 0.5) is 14.5 Å². The largest absolute Gasteiger partial charge is 0.323 e. The monoisotopic (exact) mass is 340 g/mol. The van der Waals surface area contributed by atoms with E-state index in [4.69, 9.17) is 0 Å². The molecule has 3 nitrogen and oxygen atoms in total. The molecule has 0 saturated carbocycles. The maximum Gasteiger partial charge on any atom is 0.230 e. The molecule has 2 rings (SSSR count). The van der Waals surface area contributed by atoms with E-state index in [2.05, 4.69) is 26.2 Å². The van der Waals surface area contributed by atoms with Gasteiger partial charge in [0.25, 0.3) is 0 Å². The number of aromatic nitrogens is 1. The average molecular weight is 341 g/mol. The number of hydrogen-bond acceptors (Lipinski definition) is 2. The molecule has 1 heterocycles. The van der Waals surface area contributed by atoms with Gasteiger partial charge in [-0.05, 0) is 40.5 Å². The summed E-state index contributed by atoms with van der Waals surface area (Å²) >= 11 is 2.87. The van der Waals surface area contributed by atoms with Crippen molar-refractivity contribution in [3.8, 4) is 0 Å². The maximum absolute atomic E-state index is 13.6. The molecule has 0 fully saturated rings. The molecule has 20 heavy (non-hydrogen) atoms. The van der Waals surface area contributed by atoms with E-state index in [9.17, 15) is 13.6 Å². The van der Waals surface area contributed by atoms with Gasteiger partial charge in [0.2, 0.25) is 5.91 Å². The molecule has 104 valence electrons. The van der Waals surface area contributed by atoms with Crippen LogP contribution in [0.1, 0.15) is 11.3 Å². The molecule has 0 aliphatic carbocycles. The van der Waals surface area contributed by atoms with Gasteiger partial charge in [0.1, 0.15) is 11.6 Å². The van der Waals surface area contributed by atoms with Gasteiger partial charge in [-0.2, -0.15) is 0 Å². The zero-order valence-electron chi connectivity index (χ0n) is 10.6. The summed E-state index contributed by atoms with van der Waals surface area (Å²) in [6, 6.07) is 5.50. The molecule has 1 aromatic carbocycles. The number of benzene rings is 1. The summed E-state index contributed by atoms with van der Waals surface area (Å²) in [6.07, 6.45) is 1.58. The highest BCUT2D eigenvalue weighted by atomic mass is 79.9. The minimum atomic E-state index is -0.704. The van der Waals surface area contributed by atoms with Gasteiger partial charge in [-0.1, -0.05) is 6.07 Å². The molecule has 0 radical (unpaired) electrons. The number of rotatable bonds is 3. The highest BCUT2D eigenvalue weighted by Gasteiger charge is 2.12. The molecule has 0 bridgehead atoms. The molecular weight excluding hydrogens is 330 g/mol. The molecule has 0 spiro atoms. The van der Waals surface area contributed by atoms with E-state index in [1.807, 2.05) is 13.0 Å². The van der Waals surface area contributed by atoms with Crippen LogP contribution in [0, 0.1) is 18.6 Å². The molecule has 2 aromatic rings. The van der Waals surface area contributed by atoms with Gasteiger partial charge in [-0.3, -0.25) is 9.78 Å². The van der Waals surface area contributed by atoms with Gasteiger partial charge in [0.15, 0.2) is 0 Å². The van der Waals surface area contributed by atoms with Gasteiger partial charge >= 0.3 is 0 Å². The van der Waals surface area contributed by atoms with Crippen LogP contribution in [-0.2, 0) is 11.2 Å². The summed E-state index contributed by atoms with van der Waals surface area (Å²) < 4.78 is 26.9. The lowest BCUT2D eigenvalue weighted by molar-refractivity contribution is -0.115. The van der Waals surface area contributed by atoms with Crippen LogP contribution in [0.5, 0.6) is 0 Å². The van der Waals surface area contributed by atoms with E-state index in [0.29, 0.717) is 5.69 Å². The SMILES string of the molecule is Cc1cccnc1CC(=O)Nc1cc(F)c(Br)cc1F. The minimum Gasteiger partial charge on any atom is -0.323 e. The van der Waals surface area contributed by atoms with Gasteiger partial charge in [0, 0.05) is 12.3 Å². The molecule has 1 N–H and O–H groups in total. The first-order valence-corrected chi connectivity index (χ1v) is 6.61. The summed E-state index contributed by atoms with van der Waals surface area (Å²) in [7, 11) is 0. The molecule has 0 unspecified atom stereocenters. The predicted octanol–water partition coefficient (Wildman–Crippen LogP) is 3.61. The van der Waals surface area contributed by atoms with E-state index >= 15 is 0 Å². The third-order valence-corrected chi connectivity index (χ3v) is 3.34. The van der Waals surface area contributed by atoms with Crippen molar-refractivity contribution in [3.05, 3.63) is 57.8 Å². The lowest BCUT2D eigenvalue weighted by atomic mass is 10.1. The van der Waals surface area contributed by atoms with Crippen molar-refractivity contribution >= 4 is 27.5 Å². The normalized spacial score (nSPS) is 10.4. The topological polar surface area (TPSA) is 42.0 Å². The molecule has 1 amide bonds. The molecule has 1 aromatic heterocycles. The smallest absolute Gasteiger partial charge is 0.230 e. The van der Waals surface area contributed by atoms with E-state index in [1.165, 1.54) is 0 Å². The fourth-order valence-electron chi connectivity index (χ4n) is 1.67. The second kappa shape index (κ2) is 6.09. The summed E-state index contributed by atoms with van der Waals surface area (Å²) in [6.45, 7) is 1.83. The first-order valence-electron chi connectivity index (χ1n) is 5.82. The van der Waals surface area contributed by atoms with Gasteiger partial charge in [0.05, 0.1) is 22.3 Å². The van der Waals surface area contributed by atoms with Crippen molar-refractivity contribution in [2.45, 2.75) is 13.3 Å². The second-order valence-electron chi connectivity index (χ2n) is 4.24. The first kappa shape index (κ1) is 14.6. The number of amides is 1. The Morgan fingerprint density at radius 2 is 2.10 bits per heavy atom. The average Bonchev–Trinajstić information content (AvgIpc) is 2.39. The zero-order valence-corrected chi connectivity index (χ0v) is 12.2. The van der Waals surface area contributed by atoms with E-state index in [-0.39, 0.29) is 16.6 Å². The third-order valence-electron chi connectivity index (χ3n) is 2.73. The molecule has 0 saturated heterocycles. The van der Waals surface area contributed by atoms with Crippen LogP contribution < -0.4 is 5.32 Å². The predicted molar refractivity (Wildman–Crippen MR) is 75.4 cm³/mol. The lowest BCUT2D eigenvalue weighted by Gasteiger charge is -2.08. The van der Waals surface area contributed by atoms with Crippen LogP contribution in [-0.4, -0.2) is 10.9 Å². The first-order chi connectivity index (χ1) is 9.47. The third kappa shape index (κ3) is 3.39. The number of carbonyl (C=O) groups excluding carboxylic acids is 1. The van der Waals surface area contributed by atoms with E-state index < -0.39 is 17.5 Å². The Kier molecular flexibility index (Phi) is 4.44. The Bertz CT molecular complexity index is 662. The molecule has 6 heteroatoms. The number of nitrogens with one attached hydrogen (secondary N) is 1. The number of nitrogens with zero attached hydrogens (tertiary/aromatic N) is 1. The molecule has 0 aliphatic rings. The molecule has 0 atom stereocenters. The highest BCUT2D eigenvalue weighted by Crippen LogP contribution is 2.23. The Balaban J connectivity index is 2.13. The highest BCUT2D eigenvalue weighted by molar-refractivity contribution is 9.10. The van der Waals surface area contributed by atoms with Crippen LogP contribution in [0.15, 0.2) is 34.9 Å². The van der Waals surface area contributed by atoms with Crippen molar-refractivity contribution in [3.63, 3.8) is 0 Å². The van der Waals surface area contributed by atoms with Crippen LogP contribution in [0.25, 0.3) is 0 Å². The number of halogens is 3. The summed E-state index contributed by atoms with van der Waals surface area (Å²) in [5.41, 5.74) is 1.28. The van der Waals surface area contributed by atoms with Crippen molar-refractivity contribution in [2.75, 3.05) is 5.32 Å². The molecular formula is C14H11BrF2N2O. The second-order valence-corrected chi connectivity index (χ2v) is 5.09. The number of pyridine rings is 1. The van der Waals surface area contributed by atoms with Crippen LogP contribution >= 0.6 is 15.9 Å². The fourth-order valence-corrected chi connectivity index (χ4v) is 1.98. The van der Waals surface area contributed by atoms with Gasteiger partial charge in [-0.25, -0.2) is 8.78 Å². The Morgan fingerprint density at radius 1 is 1.35 bits per heavy atom. The van der Waals surface area contributed by atoms with E-state index in [0.717, 1.165) is 17.7 Å². The van der Waals surface area contributed by atoms with Gasteiger partial charge < -0.3 is 5.32 Å². The van der Waals surface area contributed by atoms with Gasteiger partial charge in [-0.15, -0.1) is 0 Å². The van der Waals surface area contributed by atoms with Crippen molar-refractivity contribution in [1.29, 1.82) is 0 Å². The maximum atomic E-state index is 13.6. The Labute approximate surface area is 123 Å². The Hall–Kier alpha value is -1.82. The quantitative estimate of drug-likeness (QED) is 0.867. The number of hydrogen-bond donors (Lipinski definition) is 1. The van der Waals surface area contributed by atoms with Crippen LogP contribution in [0.2, 0.25) is 0 Å². The summed E-state index contributed by atoms with van der Waals surface area (Å²) in [5.74, 6) is -1.80. The number of anilines is 1. The Morgan fingerprint density at radius 3 is 2.80 bits per heavy atom.